The second-order valence-corrected chi connectivity index (χ2v) is 36.6. The summed E-state index contributed by atoms with van der Waals surface area (Å²) in [6.45, 7) is 20.5. The van der Waals surface area contributed by atoms with Crippen LogP contribution in [0.4, 0.5) is 11.9 Å². The molecule has 5 aromatic heterocycles. The first-order valence-corrected chi connectivity index (χ1v) is 42.8. The predicted molar refractivity (Wildman–Crippen MR) is 478 cm³/mol. The van der Waals surface area contributed by atoms with Gasteiger partial charge in [-0.15, -0.1) is 0 Å². The topological polar surface area (TPSA) is 238 Å². The second-order valence-electron chi connectivity index (χ2n) is 36.2. The first-order chi connectivity index (χ1) is 58.0. The number of anilines is 2. The Bertz CT molecular complexity index is 7090. The molecule has 18 nitrogen and oxygen atoms in total. The molecule has 0 unspecified atom stereocenters. The lowest BCUT2D eigenvalue weighted by atomic mass is 9.64. The van der Waals surface area contributed by atoms with Crippen LogP contribution in [0.3, 0.4) is 0 Å². The lowest BCUT2D eigenvalue weighted by molar-refractivity contribution is -0.0118. The van der Waals surface area contributed by atoms with Crippen LogP contribution in [0.15, 0.2) is 200 Å². The van der Waals surface area contributed by atoms with Gasteiger partial charge in [0.15, 0.2) is 5.78 Å². The average molecular weight is 1600 g/mol. The Kier molecular flexibility index (Phi) is 17.9. The van der Waals surface area contributed by atoms with E-state index >= 15 is 0 Å². The molecule has 0 bridgehead atoms. The van der Waals surface area contributed by atoms with Crippen molar-refractivity contribution in [3.8, 4) is 17.2 Å². The molecule has 4 N–H and O–H groups in total. The quantitative estimate of drug-likeness (QED) is 0.0688. The Morgan fingerprint density at radius 1 is 0.342 bits per heavy atom. The van der Waals surface area contributed by atoms with Crippen molar-refractivity contribution in [2.45, 2.75) is 155 Å². The maximum absolute atomic E-state index is 13.3. The van der Waals surface area contributed by atoms with E-state index in [-0.39, 0.29) is 34.4 Å². The third-order valence-electron chi connectivity index (χ3n) is 27.1. The Balaban J connectivity index is 0.000000111. The molecule has 12 aromatic carbocycles. The highest BCUT2D eigenvalue weighted by atomic mass is 35.5. The number of carbonyl (C=O) groups excluding carboxylic acids is 3. The van der Waals surface area contributed by atoms with E-state index < -0.39 is 0 Å². The van der Waals surface area contributed by atoms with Gasteiger partial charge in [-0.3, -0.25) is 25.0 Å². The molecule has 9 atom stereocenters. The van der Waals surface area contributed by atoms with Crippen LogP contribution in [-0.2, 0) is 0 Å². The normalized spacial score (nSPS) is 21.7. The Labute approximate surface area is 698 Å². The van der Waals surface area contributed by atoms with Crippen LogP contribution in [0.5, 0.6) is 17.2 Å². The molecule has 23 rings (SSSR count). The van der Waals surface area contributed by atoms with Crippen molar-refractivity contribution < 1.29 is 28.6 Å². The highest BCUT2D eigenvalue weighted by Crippen LogP contribution is 2.60. The number of hydrogen-bond acceptors (Lipinski definition) is 14. The van der Waals surface area contributed by atoms with E-state index in [1.54, 1.807) is 36.4 Å². The van der Waals surface area contributed by atoms with E-state index in [1.165, 1.54) is 36.0 Å². The number of para-hydroxylation sites is 4. The molecule has 0 saturated heterocycles. The Morgan fingerprint density at radius 2 is 0.650 bits per heavy atom. The van der Waals surface area contributed by atoms with Gasteiger partial charge in [0.05, 0.1) is 88.3 Å². The summed E-state index contributed by atoms with van der Waals surface area (Å²) in [7, 11) is 0. The number of nitrogens with zero attached hydrogens (tertiary/aromatic N) is 8. The smallest absolute Gasteiger partial charge is 0.258 e. The van der Waals surface area contributed by atoms with Gasteiger partial charge in [-0.2, -0.15) is 0 Å². The van der Waals surface area contributed by atoms with Gasteiger partial charge >= 0.3 is 0 Å². The molecule has 3 saturated carbocycles. The van der Waals surface area contributed by atoms with Crippen molar-refractivity contribution in [3.63, 3.8) is 0 Å². The lowest BCUT2D eigenvalue weighted by Crippen LogP contribution is -2.46. The van der Waals surface area contributed by atoms with E-state index in [0.29, 0.717) is 109 Å². The summed E-state index contributed by atoms with van der Waals surface area (Å²) < 4.78 is 20.6. The zero-order chi connectivity index (χ0) is 81.9. The van der Waals surface area contributed by atoms with Crippen LogP contribution < -0.4 is 24.8 Å². The van der Waals surface area contributed by atoms with Crippen molar-refractivity contribution >= 4 is 162 Å². The van der Waals surface area contributed by atoms with Gasteiger partial charge in [-0.1, -0.05) is 149 Å². The van der Waals surface area contributed by atoms with Crippen LogP contribution in [0.1, 0.15) is 191 Å². The number of imidazole rings is 2. The van der Waals surface area contributed by atoms with Gasteiger partial charge in [-0.05, 0) is 219 Å². The lowest BCUT2D eigenvalue weighted by Gasteiger charge is -2.49. The molecule has 17 aromatic rings. The number of hydrogen-bond donors (Lipinski definition) is 4. The highest BCUT2D eigenvalue weighted by Gasteiger charge is 2.51. The maximum Gasteiger partial charge on any atom is 0.258 e. The largest absolute Gasteiger partial charge is 0.487 e. The van der Waals surface area contributed by atoms with Crippen LogP contribution >= 0.6 is 11.6 Å². The molecule has 120 heavy (non-hydrogen) atoms. The third kappa shape index (κ3) is 12.8. The van der Waals surface area contributed by atoms with E-state index in [9.17, 15) is 14.4 Å². The molecule has 0 spiro atoms. The first kappa shape index (κ1) is 75.0. The number of aromatic nitrogens is 10. The highest BCUT2D eigenvalue weighted by molar-refractivity contribution is 6.30. The fourth-order valence-corrected chi connectivity index (χ4v) is 21.4. The van der Waals surface area contributed by atoms with Crippen LogP contribution in [0.25, 0.3) is 121 Å². The summed E-state index contributed by atoms with van der Waals surface area (Å²) in [5.74, 6) is 7.46. The molecule has 19 heteroatoms. The molecular weight excluding hydrogens is 1510 g/mol. The molecule has 0 radical (unpaired) electrons. The molecule has 598 valence electrons. The summed E-state index contributed by atoms with van der Waals surface area (Å²) >= 11 is 6.02. The standard InChI is InChI=1S/2C34H31N5O2.C33H29ClN2O2/c1-18-12-14-23-22(16-18)28-30-29(20-8-4-5-9-21(20)31(28)41-34(23,2)3)36-27-17-19(13-15-26(27)35-30)32(40)39-33-37-24-10-6-7-11-25(24)38-33;1-18-12-14-23-22(16-18)28-30-29(20-8-4-5-9-21(20)31(28)41-34(23,2)3)35-26-15-13-19(17-27(26)36-30)32(40)39-33-37-24-10-6-7-11-25(24)38-33;1-18-8-14-25-24(16-18)28-30-29(22-6-4-5-7-23(22)32(28)38-33(25,2)3)36-27-17-20(11-15-26(27)35-30)31(37)19-9-12-21(34)13-10-19/h2*4-11,13,15,17-18,22-23H,12,14,16H2,1-3H3,(H2,37,38,39,40);4-7,9-13,15,17-18,24-25H,8,14,16H2,1-3H3/t2*18-,22-,23-;18-,24-,25-/m000/s1. The third-order valence-corrected chi connectivity index (χ3v) is 27.4. The fraction of sp³-hybridized carbons (Fsp3) is 0.297. The van der Waals surface area contributed by atoms with Crippen LogP contribution in [-0.4, -0.2) is 84.2 Å². The summed E-state index contributed by atoms with van der Waals surface area (Å²) in [6.07, 6.45) is 10.5. The van der Waals surface area contributed by atoms with Gasteiger partial charge in [0.1, 0.15) is 34.1 Å². The average Bonchev–Trinajstić information content (AvgIpc) is 0.728. The zero-order valence-electron chi connectivity index (χ0n) is 68.5. The zero-order valence-corrected chi connectivity index (χ0v) is 69.3. The number of benzene rings is 12. The number of rotatable bonds is 6. The molecule has 8 heterocycles. The van der Waals surface area contributed by atoms with Gasteiger partial charge in [0.2, 0.25) is 11.9 Å². The number of aromatic amines is 2. The van der Waals surface area contributed by atoms with Gasteiger partial charge < -0.3 is 24.2 Å². The number of fused-ring (bicyclic) bond motifs is 29. The molecule has 6 aliphatic rings. The Hall–Kier alpha value is -12.5. The summed E-state index contributed by atoms with van der Waals surface area (Å²) in [4.78, 5) is 86.1. The minimum Gasteiger partial charge on any atom is -0.487 e. The summed E-state index contributed by atoms with van der Waals surface area (Å²) in [6, 6.07) is 64.1. The molecular formula is C101H91ClN12O6. The number of H-pyrrole nitrogens is 2. The molecule has 3 aliphatic heterocycles. The maximum atomic E-state index is 13.3. The fourth-order valence-electron chi connectivity index (χ4n) is 21.3. The number of amides is 2. The van der Waals surface area contributed by atoms with Gasteiger partial charge in [-0.25, -0.2) is 39.9 Å². The number of ether oxygens (including phenoxy) is 3. The number of ketones is 1. The van der Waals surface area contributed by atoms with Crippen molar-refractivity contribution in [1.29, 1.82) is 0 Å². The monoisotopic (exact) mass is 1600 g/mol. The SMILES string of the molecule is C[C@H]1CC[C@H]2[C@H](C1)c1c(c3ccccc3c3nc4cc(C(=O)Nc5nc6ccccc6[nH]5)ccc4nc13)OC2(C)C.C[C@H]1CC[C@H]2[C@H](C1)c1c(c3ccccc3c3nc4cc(C(=O)c5ccc(Cl)cc5)ccc4nc13)OC2(C)C.C[C@H]1CC[C@H]2[C@H](C1)c1c(c3ccccc3c3nc4ccc(C(=O)Nc5nc6ccccc6[nH]5)cc4nc13)OC2(C)C. The van der Waals surface area contributed by atoms with Crippen molar-refractivity contribution in [2.24, 2.45) is 35.5 Å². The predicted octanol–water partition coefficient (Wildman–Crippen LogP) is 24.0. The van der Waals surface area contributed by atoms with Crippen molar-refractivity contribution in [3.05, 3.63) is 244 Å². The van der Waals surface area contributed by atoms with E-state index in [1.807, 2.05) is 109 Å². The minimum atomic E-state index is -0.263. The number of nitrogens with one attached hydrogen (secondary N) is 4. The Morgan fingerprint density at radius 3 is 1.02 bits per heavy atom. The molecule has 3 fully saturated rings. The van der Waals surface area contributed by atoms with Gasteiger partial charge in [0.25, 0.3) is 11.8 Å². The van der Waals surface area contributed by atoms with E-state index in [2.05, 4.69) is 147 Å². The van der Waals surface area contributed by atoms with Crippen LogP contribution in [0, 0.1) is 35.5 Å². The van der Waals surface area contributed by atoms with Gasteiger partial charge in [0, 0.05) is 94.0 Å². The molecule has 3 aliphatic carbocycles. The first-order valence-electron chi connectivity index (χ1n) is 42.4. The molecule has 2 amide bonds. The summed E-state index contributed by atoms with van der Waals surface area (Å²) in [5, 5.41) is 12.7. The van der Waals surface area contributed by atoms with Crippen molar-refractivity contribution in [1.82, 2.24) is 49.8 Å². The van der Waals surface area contributed by atoms with Crippen molar-refractivity contribution in [2.75, 3.05) is 10.6 Å². The summed E-state index contributed by atoms with van der Waals surface area (Å²) in [5.41, 5.74) is 18.2. The van der Waals surface area contributed by atoms with Crippen LogP contribution in [0.2, 0.25) is 5.02 Å². The number of halogens is 1. The second kappa shape index (κ2) is 28.6. The number of carbonyl (C=O) groups is 3. The van der Waals surface area contributed by atoms with E-state index in [0.717, 1.165) is 160 Å². The minimum absolute atomic E-state index is 0.0598. The van der Waals surface area contributed by atoms with E-state index in [4.69, 9.17) is 55.7 Å².